The molecule has 25 heavy (non-hydrogen) atoms. The van der Waals surface area contributed by atoms with Crippen LogP contribution in [0.3, 0.4) is 0 Å². The number of benzene rings is 2. The van der Waals surface area contributed by atoms with Gasteiger partial charge in [-0.05, 0) is 48.6 Å². The van der Waals surface area contributed by atoms with Crippen molar-refractivity contribution in [2.75, 3.05) is 12.4 Å². The molecule has 2 aromatic carbocycles. The number of hydrogen-bond acceptors (Lipinski definition) is 3. The van der Waals surface area contributed by atoms with Gasteiger partial charge in [0.2, 0.25) is 0 Å². The molecule has 4 heteroatoms. The third-order valence-corrected chi connectivity index (χ3v) is 3.98. The molecule has 0 bridgehead atoms. The second kappa shape index (κ2) is 7.60. The topological polar surface area (TPSA) is 47.6 Å². The Morgan fingerprint density at radius 1 is 1.08 bits per heavy atom. The molecule has 1 N–H and O–H groups in total. The molecule has 0 aliphatic rings. The molecule has 1 atom stereocenters. The summed E-state index contributed by atoms with van der Waals surface area (Å²) in [4.78, 5) is 12.6. The molecule has 0 radical (unpaired) electrons. The molecule has 0 aliphatic heterocycles. The van der Waals surface area contributed by atoms with E-state index in [9.17, 15) is 4.79 Å². The van der Waals surface area contributed by atoms with Crippen LogP contribution in [-0.2, 0) is 10.2 Å². The van der Waals surface area contributed by atoms with Crippen molar-refractivity contribution in [1.82, 2.24) is 0 Å². The fourth-order valence-electron chi connectivity index (χ4n) is 2.59. The van der Waals surface area contributed by atoms with Gasteiger partial charge in [-0.1, -0.05) is 45.0 Å². The average Bonchev–Trinajstić information content (AvgIpc) is 2.54. The predicted octanol–water partition coefficient (Wildman–Crippen LogP) is 4.71. The lowest BCUT2D eigenvalue weighted by molar-refractivity contribution is -0.122. The first-order valence-corrected chi connectivity index (χ1v) is 8.44. The van der Waals surface area contributed by atoms with Crippen LogP contribution in [0.4, 0.5) is 5.69 Å². The van der Waals surface area contributed by atoms with Gasteiger partial charge in [0.1, 0.15) is 11.5 Å². The average molecular weight is 341 g/mol. The number of rotatable bonds is 5. The minimum absolute atomic E-state index is 0.0629. The summed E-state index contributed by atoms with van der Waals surface area (Å²) in [5, 5.41) is 2.89. The third kappa shape index (κ3) is 4.75. The van der Waals surface area contributed by atoms with Crippen molar-refractivity contribution >= 4 is 11.6 Å². The van der Waals surface area contributed by atoms with Crippen molar-refractivity contribution in [1.29, 1.82) is 0 Å². The number of hydrogen-bond donors (Lipinski definition) is 1. The van der Waals surface area contributed by atoms with Gasteiger partial charge in [-0.25, -0.2) is 0 Å². The van der Waals surface area contributed by atoms with Crippen LogP contribution >= 0.6 is 0 Å². The van der Waals surface area contributed by atoms with Crippen molar-refractivity contribution in [3.63, 3.8) is 0 Å². The number of amides is 1. The van der Waals surface area contributed by atoms with Gasteiger partial charge in [0.15, 0.2) is 6.10 Å². The maximum Gasteiger partial charge on any atom is 0.265 e. The first kappa shape index (κ1) is 18.8. The van der Waals surface area contributed by atoms with Gasteiger partial charge in [-0.3, -0.25) is 4.79 Å². The highest BCUT2D eigenvalue weighted by Crippen LogP contribution is 2.32. The van der Waals surface area contributed by atoms with Crippen molar-refractivity contribution in [2.45, 2.75) is 46.1 Å². The Kier molecular flexibility index (Phi) is 5.73. The van der Waals surface area contributed by atoms with Gasteiger partial charge in [0, 0.05) is 0 Å². The number of methoxy groups -OCH3 is 1. The molecular formula is C21H27NO3. The molecule has 0 saturated carbocycles. The van der Waals surface area contributed by atoms with Crippen LogP contribution < -0.4 is 14.8 Å². The summed E-state index contributed by atoms with van der Waals surface area (Å²) < 4.78 is 11.3. The molecule has 0 fully saturated rings. The minimum Gasteiger partial charge on any atom is -0.495 e. The van der Waals surface area contributed by atoms with Gasteiger partial charge in [0.25, 0.3) is 5.91 Å². The van der Waals surface area contributed by atoms with E-state index >= 15 is 0 Å². The molecule has 4 nitrogen and oxygen atoms in total. The molecule has 134 valence electrons. The summed E-state index contributed by atoms with van der Waals surface area (Å²) in [6, 6.07) is 13.5. The Labute approximate surface area is 150 Å². The fraction of sp³-hybridized carbons (Fsp3) is 0.381. The van der Waals surface area contributed by atoms with E-state index in [1.54, 1.807) is 14.0 Å². The summed E-state index contributed by atoms with van der Waals surface area (Å²) in [5.74, 6) is 1.14. The van der Waals surface area contributed by atoms with Crippen LogP contribution in [0.15, 0.2) is 42.5 Å². The van der Waals surface area contributed by atoms with Crippen LogP contribution in [0, 0.1) is 6.92 Å². The SMILES string of the molecule is COc1ccc(C)cc1NC(=O)C(C)Oc1ccccc1C(C)(C)C. The summed E-state index contributed by atoms with van der Waals surface area (Å²) in [6.45, 7) is 10.1. The molecule has 1 unspecified atom stereocenters. The van der Waals surface area contributed by atoms with Crippen molar-refractivity contribution in [3.8, 4) is 11.5 Å². The lowest BCUT2D eigenvalue weighted by atomic mass is 9.86. The van der Waals surface area contributed by atoms with E-state index < -0.39 is 6.10 Å². The molecule has 0 heterocycles. The monoisotopic (exact) mass is 341 g/mol. The summed E-state index contributed by atoms with van der Waals surface area (Å²) in [5.41, 5.74) is 2.70. The number of aryl methyl sites for hydroxylation is 1. The van der Waals surface area contributed by atoms with Crippen LogP contribution in [0.25, 0.3) is 0 Å². The fourth-order valence-corrected chi connectivity index (χ4v) is 2.59. The number of para-hydroxylation sites is 1. The number of carbonyl (C=O) groups is 1. The van der Waals surface area contributed by atoms with Gasteiger partial charge >= 0.3 is 0 Å². The number of nitrogens with one attached hydrogen (secondary N) is 1. The molecule has 0 aliphatic carbocycles. The smallest absolute Gasteiger partial charge is 0.265 e. The molecule has 0 aromatic heterocycles. The van der Waals surface area contributed by atoms with E-state index in [1.807, 2.05) is 49.4 Å². The molecule has 1 amide bonds. The zero-order valence-corrected chi connectivity index (χ0v) is 15.8. The summed E-state index contributed by atoms with van der Waals surface area (Å²) >= 11 is 0. The molecule has 0 saturated heterocycles. The van der Waals surface area contributed by atoms with Gasteiger partial charge in [0.05, 0.1) is 12.8 Å². The molecular weight excluding hydrogens is 314 g/mol. The summed E-state index contributed by atoms with van der Waals surface area (Å²) in [6.07, 6.45) is -0.631. The van der Waals surface area contributed by atoms with E-state index in [0.29, 0.717) is 11.4 Å². The number of carbonyl (C=O) groups excluding carboxylic acids is 1. The zero-order chi connectivity index (χ0) is 18.6. The lowest BCUT2D eigenvalue weighted by Gasteiger charge is -2.24. The van der Waals surface area contributed by atoms with E-state index in [4.69, 9.17) is 9.47 Å². The maximum absolute atomic E-state index is 12.6. The Morgan fingerprint density at radius 2 is 1.76 bits per heavy atom. The standard InChI is InChI=1S/C21H27NO3/c1-14-11-12-19(24-6)17(13-14)22-20(23)15(2)25-18-10-8-7-9-16(18)21(3,4)5/h7-13,15H,1-6H3,(H,22,23). The van der Waals surface area contributed by atoms with Crippen molar-refractivity contribution in [2.24, 2.45) is 0 Å². The Balaban J connectivity index is 2.16. The number of anilines is 1. The zero-order valence-electron chi connectivity index (χ0n) is 15.8. The minimum atomic E-state index is -0.631. The highest BCUT2D eigenvalue weighted by molar-refractivity contribution is 5.95. The van der Waals surface area contributed by atoms with E-state index in [2.05, 4.69) is 26.1 Å². The first-order chi connectivity index (χ1) is 11.7. The van der Waals surface area contributed by atoms with Crippen molar-refractivity contribution < 1.29 is 14.3 Å². The first-order valence-electron chi connectivity index (χ1n) is 8.44. The van der Waals surface area contributed by atoms with E-state index in [-0.39, 0.29) is 11.3 Å². The Morgan fingerprint density at radius 3 is 2.40 bits per heavy atom. The quantitative estimate of drug-likeness (QED) is 0.857. The van der Waals surface area contributed by atoms with Crippen molar-refractivity contribution in [3.05, 3.63) is 53.6 Å². The molecule has 2 aromatic rings. The second-order valence-corrected chi connectivity index (χ2v) is 7.20. The van der Waals surface area contributed by atoms with Crippen LogP contribution in [0.1, 0.15) is 38.8 Å². The number of ether oxygens (including phenoxy) is 2. The maximum atomic E-state index is 12.6. The summed E-state index contributed by atoms with van der Waals surface area (Å²) in [7, 11) is 1.58. The van der Waals surface area contributed by atoms with Gasteiger partial charge in [-0.15, -0.1) is 0 Å². The highest BCUT2D eigenvalue weighted by Gasteiger charge is 2.22. The van der Waals surface area contributed by atoms with E-state index in [1.165, 1.54) is 0 Å². The Bertz CT molecular complexity index is 747. The third-order valence-electron chi connectivity index (χ3n) is 3.98. The van der Waals surface area contributed by atoms with Crippen LogP contribution in [0.5, 0.6) is 11.5 Å². The molecule has 2 rings (SSSR count). The predicted molar refractivity (Wildman–Crippen MR) is 102 cm³/mol. The lowest BCUT2D eigenvalue weighted by Crippen LogP contribution is -2.31. The van der Waals surface area contributed by atoms with Crippen LogP contribution in [0.2, 0.25) is 0 Å². The second-order valence-electron chi connectivity index (χ2n) is 7.20. The molecule has 0 spiro atoms. The van der Waals surface area contributed by atoms with Gasteiger partial charge < -0.3 is 14.8 Å². The van der Waals surface area contributed by atoms with Crippen LogP contribution in [-0.4, -0.2) is 19.1 Å². The normalized spacial score (nSPS) is 12.4. The Hall–Kier alpha value is -2.49. The van der Waals surface area contributed by atoms with Gasteiger partial charge in [-0.2, -0.15) is 0 Å². The highest BCUT2D eigenvalue weighted by atomic mass is 16.5. The van der Waals surface area contributed by atoms with E-state index in [0.717, 1.165) is 16.9 Å². The largest absolute Gasteiger partial charge is 0.495 e.